The van der Waals surface area contributed by atoms with Gasteiger partial charge in [-0.05, 0) is 47.2 Å². The van der Waals surface area contributed by atoms with Crippen LogP contribution in [-0.4, -0.2) is 19.1 Å². The summed E-state index contributed by atoms with van der Waals surface area (Å²) in [6.07, 6.45) is 0. The minimum atomic E-state index is 0.537. The van der Waals surface area contributed by atoms with Crippen LogP contribution in [0, 0.1) is 10.5 Å². The molecule has 1 aromatic heterocycles. The number of nitrogens with zero attached hydrogens (tertiary/aromatic N) is 1. The number of halogens is 1. The molecule has 0 aliphatic rings. The summed E-state index contributed by atoms with van der Waals surface area (Å²) in [7, 11) is 3.62. The zero-order valence-corrected chi connectivity index (χ0v) is 12.3. The second-order valence-electron chi connectivity index (χ2n) is 3.93. The Morgan fingerprint density at radius 2 is 2.18 bits per heavy atom. The van der Waals surface area contributed by atoms with Crippen LogP contribution in [0.25, 0.3) is 10.9 Å². The van der Waals surface area contributed by atoms with Gasteiger partial charge in [-0.3, -0.25) is 0 Å². The fraction of sp³-hybridized carbons (Fsp3) is 0.308. The molecular weight excluding hydrogens is 327 g/mol. The number of ether oxygens (including phenoxy) is 1. The normalized spacial score (nSPS) is 10.8. The Kier molecular flexibility index (Phi) is 3.83. The van der Waals surface area contributed by atoms with Gasteiger partial charge in [-0.15, -0.1) is 0 Å². The van der Waals surface area contributed by atoms with Gasteiger partial charge in [0.05, 0.1) is 17.8 Å². The molecule has 1 heterocycles. The van der Waals surface area contributed by atoms with Crippen LogP contribution in [0.15, 0.2) is 18.2 Å². The molecule has 0 spiro atoms. The summed E-state index contributed by atoms with van der Waals surface area (Å²) in [5.41, 5.74) is 4.30. The number of hydrogen-bond acceptors (Lipinski definition) is 3. The Morgan fingerprint density at radius 1 is 1.41 bits per heavy atom. The number of aryl methyl sites for hydroxylation is 1. The monoisotopic (exact) mass is 342 g/mol. The van der Waals surface area contributed by atoms with E-state index >= 15 is 0 Å². The van der Waals surface area contributed by atoms with Gasteiger partial charge in [-0.1, -0.05) is 6.07 Å². The summed E-state index contributed by atoms with van der Waals surface area (Å²) in [4.78, 5) is 4.66. The predicted octanol–water partition coefficient (Wildman–Crippen LogP) is 3.34. The molecule has 0 fully saturated rings. The smallest absolute Gasteiger partial charge is 0.0885 e. The highest BCUT2D eigenvalue weighted by atomic mass is 127. The lowest BCUT2D eigenvalue weighted by atomic mass is 10.1. The average molecular weight is 342 g/mol. The van der Waals surface area contributed by atoms with E-state index in [9.17, 15) is 0 Å². The highest BCUT2D eigenvalue weighted by Crippen LogP contribution is 2.30. The number of hydrogen-bond donors (Lipinski definition) is 1. The molecule has 0 aliphatic heterocycles. The molecule has 0 aliphatic carbocycles. The van der Waals surface area contributed by atoms with E-state index in [1.54, 1.807) is 7.11 Å². The van der Waals surface area contributed by atoms with Crippen molar-refractivity contribution in [1.29, 1.82) is 0 Å². The molecule has 1 N–H and O–H groups in total. The van der Waals surface area contributed by atoms with E-state index in [0.717, 1.165) is 16.9 Å². The fourth-order valence-electron chi connectivity index (χ4n) is 1.90. The third kappa shape index (κ3) is 2.37. The lowest BCUT2D eigenvalue weighted by molar-refractivity contribution is 0.182. The Hall–Kier alpha value is -0.880. The maximum absolute atomic E-state index is 5.15. The molecular formula is C13H15IN2O. The largest absolute Gasteiger partial charge is 0.387 e. The van der Waals surface area contributed by atoms with Crippen LogP contribution in [0.2, 0.25) is 0 Å². The molecule has 0 unspecified atom stereocenters. The highest BCUT2D eigenvalue weighted by molar-refractivity contribution is 14.1. The first-order valence-corrected chi connectivity index (χ1v) is 6.50. The molecule has 17 heavy (non-hydrogen) atoms. The molecule has 90 valence electrons. The summed E-state index contributed by atoms with van der Waals surface area (Å²) < 4.78 is 6.37. The standard InChI is InChI=1S/C13H15IN2O/c1-8-4-5-10(14)12-11(15-2)6-9(7-17-3)16-13(8)12/h4-6H,7H2,1-3H3,(H,15,16). The fourth-order valence-corrected chi connectivity index (χ4v) is 2.63. The maximum atomic E-state index is 5.15. The third-order valence-corrected chi connectivity index (χ3v) is 3.63. The van der Waals surface area contributed by atoms with Gasteiger partial charge in [0, 0.05) is 28.8 Å². The van der Waals surface area contributed by atoms with Gasteiger partial charge in [-0.2, -0.15) is 0 Å². The van der Waals surface area contributed by atoms with Crippen molar-refractivity contribution in [1.82, 2.24) is 4.98 Å². The van der Waals surface area contributed by atoms with Crippen LogP contribution < -0.4 is 5.32 Å². The number of pyridine rings is 1. The van der Waals surface area contributed by atoms with Crippen LogP contribution in [0.5, 0.6) is 0 Å². The lowest BCUT2D eigenvalue weighted by Gasteiger charge is -2.12. The van der Waals surface area contributed by atoms with E-state index in [1.165, 1.54) is 14.5 Å². The summed E-state index contributed by atoms with van der Waals surface area (Å²) in [5.74, 6) is 0. The van der Waals surface area contributed by atoms with Gasteiger partial charge in [0.15, 0.2) is 0 Å². The lowest BCUT2D eigenvalue weighted by Crippen LogP contribution is -2.00. The number of fused-ring (bicyclic) bond motifs is 1. The Morgan fingerprint density at radius 3 is 2.82 bits per heavy atom. The predicted molar refractivity (Wildman–Crippen MR) is 79.5 cm³/mol. The van der Waals surface area contributed by atoms with E-state index in [2.05, 4.69) is 51.9 Å². The second kappa shape index (κ2) is 5.18. The Balaban J connectivity index is 2.77. The zero-order valence-electron chi connectivity index (χ0n) is 10.2. The van der Waals surface area contributed by atoms with Crippen molar-refractivity contribution in [2.45, 2.75) is 13.5 Å². The van der Waals surface area contributed by atoms with Crippen molar-refractivity contribution in [3.05, 3.63) is 33.0 Å². The van der Waals surface area contributed by atoms with Crippen molar-refractivity contribution in [3.8, 4) is 0 Å². The summed E-state index contributed by atoms with van der Waals surface area (Å²) in [5, 5.41) is 4.42. The third-order valence-electron chi connectivity index (χ3n) is 2.73. The van der Waals surface area contributed by atoms with Crippen LogP contribution in [-0.2, 0) is 11.3 Å². The summed E-state index contributed by atoms with van der Waals surface area (Å²) in [6, 6.07) is 6.28. The van der Waals surface area contributed by atoms with Gasteiger partial charge in [0.1, 0.15) is 0 Å². The van der Waals surface area contributed by atoms with E-state index in [0.29, 0.717) is 6.61 Å². The first-order valence-electron chi connectivity index (χ1n) is 5.42. The summed E-state index contributed by atoms with van der Waals surface area (Å²) in [6.45, 7) is 2.62. The number of aromatic nitrogens is 1. The van der Waals surface area contributed by atoms with Crippen molar-refractivity contribution < 1.29 is 4.74 Å². The highest BCUT2D eigenvalue weighted by Gasteiger charge is 2.10. The maximum Gasteiger partial charge on any atom is 0.0885 e. The number of benzene rings is 1. The van der Waals surface area contributed by atoms with Crippen LogP contribution in [0.1, 0.15) is 11.3 Å². The molecule has 3 nitrogen and oxygen atoms in total. The van der Waals surface area contributed by atoms with Crippen LogP contribution >= 0.6 is 22.6 Å². The molecule has 1 aromatic carbocycles. The number of nitrogens with one attached hydrogen (secondary N) is 1. The minimum Gasteiger partial charge on any atom is -0.387 e. The van der Waals surface area contributed by atoms with Gasteiger partial charge >= 0.3 is 0 Å². The quantitative estimate of drug-likeness (QED) is 0.869. The topological polar surface area (TPSA) is 34.1 Å². The molecule has 0 saturated carbocycles. The van der Waals surface area contributed by atoms with Gasteiger partial charge < -0.3 is 10.1 Å². The number of anilines is 1. The zero-order chi connectivity index (χ0) is 12.4. The molecule has 0 atom stereocenters. The van der Waals surface area contributed by atoms with Crippen molar-refractivity contribution in [2.75, 3.05) is 19.5 Å². The van der Waals surface area contributed by atoms with Crippen LogP contribution in [0.4, 0.5) is 5.69 Å². The molecule has 4 heteroatoms. The van der Waals surface area contributed by atoms with Crippen molar-refractivity contribution >= 4 is 39.2 Å². The number of rotatable bonds is 3. The summed E-state index contributed by atoms with van der Waals surface area (Å²) >= 11 is 2.35. The van der Waals surface area contributed by atoms with E-state index < -0.39 is 0 Å². The van der Waals surface area contributed by atoms with Gasteiger partial charge in [-0.25, -0.2) is 4.98 Å². The SMILES string of the molecule is CNc1cc(COC)nc2c(C)ccc(I)c12. The molecule has 0 saturated heterocycles. The molecule has 2 aromatic rings. The first kappa shape index (κ1) is 12.6. The average Bonchev–Trinajstić information content (AvgIpc) is 2.33. The molecule has 0 radical (unpaired) electrons. The van der Waals surface area contributed by atoms with E-state index in [4.69, 9.17) is 4.74 Å². The first-order chi connectivity index (χ1) is 8.17. The van der Waals surface area contributed by atoms with E-state index in [-0.39, 0.29) is 0 Å². The number of methoxy groups -OCH3 is 1. The second-order valence-corrected chi connectivity index (χ2v) is 5.09. The van der Waals surface area contributed by atoms with Crippen molar-refractivity contribution in [2.24, 2.45) is 0 Å². The van der Waals surface area contributed by atoms with Crippen molar-refractivity contribution in [3.63, 3.8) is 0 Å². The Bertz CT molecular complexity index is 555. The van der Waals surface area contributed by atoms with Gasteiger partial charge in [0.2, 0.25) is 0 Å². The van der Waals surface area contributed by atoms with Gasteiger partial charge in [0.25, 0.3) is 0 Å². The Labute approximate surface area is 115 Å². The molecule has 0 bridgehead atoms. The molecule has 0 amide bonds. The van der Waals surface area contributed by atoms with Crippen LogP contribution in [0.3, 0.4) is 0 Å². The van der Waals surface area contributed by atoms with E-state index in [1.807, 2.05) is 13.1 Å². The molecule has 2 rings (SSSR count). The minimum absolute atomic E-state index is 0.537.